The van der Waals surface area contributed by atoms with E-state index in [-0.39, 0.29) is 24.0 Å². The SMILES string of the molecule is CCOC(=O)c1ccc(NC(=O)CSc2nnc(NC(=O)Cc3ccc(OC)cc3)s2)cc1. The van der Waals surface area contributed by atoms with Crippen LogP contribution >= 0.6 is 23.1 Å². The number of carbonyl (C=O) groups is 3. The number of hydrogen-bond donors (Lipinski definition) is 2. The van der Waals surface area contributed by atoms with Crippen LogP contribution in [0.3, 0.4) is 0 Å². The van der Waals surface area contributed by atoms with Gasteiger partial charge in [0, 0.05) is 5.69 Å². The number of benzene rings is 2. The molecule has 0 bridgehead atoms. The lowest BCUT2D eigenvalue weighted by atomic mass is 10.1. The fraction of sp³-hybridized carbons (Fsp3) is 0.227. The molecule has 11 heteroatoms. The number of rotatable bonds is 10. The number of thioether (sulfide) groups is 1. The van der Waals surface area contributed by atoms with E-state index in [0.717, 1.165) is 11.3 Å². The van der Waals surface area contributed by atoms with Crippen LogP contribution in [0, 0.1) is 0 Å². The van der Waals surface area contributed by atoms with Gasteiger partial charge in [0.1, 0.15) is 5.75 Å². The van der Waals surface area contributed by atoms with Gasteiger partial charge in [0.15, 0.2) is 4.34 Å². The number of methoxy groups -OCH3 is 1. The molecule has 0 radical (unpaired) electrons. The van der Waals surface area contributed by atoms with Crippen molar-refractivity contribution in [2.75, 3.05) is 30.1 Å². The summed E-state index contributed by atoms with van der Waals surface area (Å²) in [7, 11) is 1.58. The minimum atomic E-state index is -0.408. The van der Waals surface area contributed by atoms with Crippen molar-refractivity contribution in [3.05, 3.63) is 59.7 Å². The number of esters is 1. The van der Waals surface area contributed by atoms with Crippen LogP contribution in [0.4, 0.5) is 10.8 Å². The predicted molar refractivity (Wildman–Crippen MR) is 127 cm³/mol. The van der Waals surface area contributed by atoms with Gasteiger partial charge in [-0.3, -0.25) is 9.59 Å². The van der Waals surface area contributed by atoms with Gasteiger partial charge in [-0.05, 0) is 48.9 Å². The van der Waals surface area contributed by atoms with Gasteiger partial charge in [-0.15, -0.1) is 10.2 Å². The highest BCUT2D eigenvalue weighted by Crippen LogP contribution is 2.26. The van der Waals surface area contributed by atoms with E-state index in [1.54, 1.807) is 50.4 Å². The minimum Gasteiger partial charge on any atom is -0.497 e. The molecule has 0 unspecified atom stereocenters. The van der Waals surface area contributed by atoms with Crippen LogP contribution < -0.4 is 15.4 Å². The second kappa shape index (κ2) is 12.0. The zero-order valence-corrected chi connectivity index (χ0v) is 19.6. The summed E-state index contributed by atoms with van der Waals surface area (Å²) in [6.07, 6.45) is 0.198. The standard InChI is InChI=1S/C22H22N4O5S2/c1-3-31-20(29)15-6-8-16(9-7-15)23-19(28)13-32-22-26-25-21(33-22)24-18(27)12-14-4-10-17(30-2)11-5-14/h4-11H,3,12-13H2,1-2H3,(H,23,28)(H,24,25,27). The van der Waals surface area contributed by atoms with Crippen LogP contribution in [0.25, 0.3) is 0 Å². The summed E-state index contributed by atoms with van der Waals surface area (Å²) in [5.41, 5.74) is 1.83. The topological polar surface area (TPSA) is 120 Å². The molecule has 0 saturated carbocycles. The first-order valence-electron chi connectivity index (χ1n) is 9.93. The molecule has 33 heavy (non-hydrogen) atoms. The van der Waals surface area contributed by atoms with Gasteiger partial charge in [0.05, 0.1) is 31.5 Å². The lowest BCUT2D eigenvalue weighted by Gasteiger charge is -2.06. The van der Waals surface area contributed by atoms with Gasteiger partial charge >= 0.3 is 5.97 Å². The third-order valence-electron chi connectivity index (χ3n) is 4.18. The predicted octanol–water partition coefficient (Wildman–Crippen LogP) is 3.64. The second-order valence-electron chi connectivity index (χ2n) is 6.58. The van der Waals surface area contributed by atoms with Crippen LogP contribution in [-0.2, 0) is 20.7 Å². The Bertz CT molecular complexity index is 1100. The molecule has 2 aromatic carbocycles. The van der Waals surface area contributed by atoms with Gasteiger partial charge in [0.2, 0.25) is 16.9 Å². The molecule has 0 fully saturated rings. The molecule has 172 valence electrons. The molecule has 0 saturated heterocycles. The van der Waals surface area contributed by atoms with E-state index >= 15 is 0 Å². The van der Waals surface area contributed by atoms with E-state index < -0.39 is 5.97 Å². The summed E-state index contributed by atoms with van der Waals surface area (Å²) in [5.74, 6) is -0.00791. The van der Waals surface area contributed by atoms with Gasteiger partial charge < -0.3 is 20.1 Å². The van der Waals surface area contributed by atoms with E-state index in [9.17, 15) is 14.4 Å². The Balaban J connectivity index is 1.43. The van der Waals surface area contributed by atoms with Crippen molar-refractivity contribution in [2.45, 2.75) is 17.7 Å². The Morgan fingerprint density at radius 1 is 0.970 bits per heavy atom. The molecule has 3 rings (SSSR count). The first kappa shape index (κ1) is 24.2. The van der Waals surface area contributed by atoms with E-state index in [1.807, 2.05) is 12.1 Å². The third kappa shape index (κ3) is 7.58. The van der Waals surface area contributed by atoms with Gasteiger partial charge in [-0.2, -0.15) is 0 Å². The highest BCUT2D eigenvalue weighted by atomic mass is 32.2. The number of anilines is 2. The Morgan fingerprint density at radius 2 is 1.70 bits per heavy atom. The number of carbonyl (C=O) groups excluding carboxylic acids is 3. The fourth-order valence-corrected chi connectivity index (χ4v) is 4.21. The van der Waals surface area contributed by atoms with Crippen LogP contribution in [-0.4, -0.2) is 47.5 Å². The lowest BCUT2D eigenvalue weighted by molar-refractivity contribution is -0.115. The molecule has 3 aromatic rings. The van der Waals surface area contributed by atoms with Crippen molar-refractivity contribution in [1.82, 2.24) is 10.2 Å². The fourth-order valence-electron chi connectivity index (χ4n) is 2.64. The number of nitrogens with zero attached hydrogens (tertiary/aromatic N) is 2. The molecule has 1 heterocycles. The summed E-state index contributed by atoms with van der Waals surface area (Å²) >= 11 is 2.41. The van der Waals surface area contributed by atoms with E-state index in [2.05, 4.69) is 20.8 Å². The first-order chi connectivity index (χ1) is 16.0. The molecular weight excluding hydrogens is 464 g/mol. The van der Waals surface area contributed by atoms with Crippen molar-refractivity contribution in [1.29, 1.82) is 0 Å². The summed E-state index contributed by atoms with van der Waals surface area (Å²) < 4.78 is 10.6. The lowest BCUT2D eigenvalue weighted by Crippen LogP contribution is -2.14. The van der Waals surface area contributed by atoms with Crippen molar-refractivity contribution in [3.63, 3.8) is 0 Å². The first-order valence-corrected chi connectivity index (χ1v) is 11.7. The molecular formula is C22H22N4O5S2. The maximum atomic E-state index is 12.2. The smallest absolute Gasteiger partial charge is 0.338 e. The Kier molecular flexibility index (Phi) is 8.79. The largest absolute Gasteiger partial charge is 0.497 e. The Morgan fingerprint density at radius 3 is 2.36 bits per heavy atom. The van der Waals surface area contributed by atoms with Crippen molar-refractivity contribution in [3.8, 4) is 5.75 Å². The number of nitrogens with one attached hydrogen (secondary N) is 2. The second-order valence-corrected chi connectivity index (χ2v) is 8.78. The van der Waals surface area contributed by atoms with Crippen LogP contribution in [0.1, 0.15) is 22.8 Å². The molecule has 0 aliphatic heterocycles. The molecule has 0 aliphatic rings. The maximum absolute atomic E-state index is 12.2. The normalized spacial score (nSPS) is 10.4. The zero-order valence-electron chi connectivity index (χ0n) is 18.0. The summed E-state index contributed by atoms with van der Waals surface area (Å²) in [6, 6.07) is 13.7. The highest BCUT2D eigenvalue weighted by Gasteiger charge is 2.12. The Hall–Kier alpha value is -3.44. The van der Waals surface area contributed by atoms with Crippen molar-refractivity contribution in [2.24, 2.45) is 0 Å². The van der Waals surface area contributed by atoms with Crippen LogP contribution in [0.15, 0.2) is 52.9 Å². The molecule has 2 amide bonds. The molecule has 0 spiro atoms. The summed E-state index contributed by atoms with van der Waals surface area (Å²) in [4.78, 5) is 36.1. The van der Waals surface area contributed by atoms with Gasteiger partial charge in [-0.25, -0.2) is 4.79 Å². The highest BCUT2D eigenvalue weighted by molar-refractivity contribution is 8.01. The van der Waals surface area contributed by atoms with Crippen LogP contribution in [0.5, 0.6) is 5.75 Å². The quantitative estimate of drug-likeness (QED) is 0.253. The van der Waals surface area contributed by atoms with Crippen molar-refractivity contribution < 1.29 is 23.9 Å². The van der Waals surface area contributed by atoms with E-state index in [0.29, 0.717) is 27.3 Å². The zero-order chi connectivity index (χ0) is 23.6. The minimum absolute atomic E-state index is 0.119. The number of amides is 2. The third-order valence-corrected chi connectivity index (χ3v) is 6.16. The number of aromatic nitrogens is 2. The van der Waals surface area contributed by atoms with Crippen LogP contribution in [0.2, 0.25) is 0 Å². The molecule has 1 aromatic heterocycles. The summed E-state index contributed by atoms with van der Waals surface area (Å²) in [6.45, 7) is 2.04. The maximum Gasteiger partial charge on any atom is 0.338 e. The molecule has 0 aliphatic carbocycles. The molecule has 2 N–H and O–H groups in total. The molecule has 9 nitrogen and oxygen atoms in total. The number of ether oxygens (including phenoxy) is 2. The van der Waals surface area contributed by atoms with Crippen molar-refractivity contribution >= 4 is 51.7 Å². The van der Waals surface area contributed by atoms with Gasteiger partial charge in [-0.1, -0.05) is 35.2 Å². The monoisotopic (exact) mass is 486 g/mol. The average molecular weight is 487 g/mol. The van der Waals surface area contributed by atoms with Gasteiger partial charge in [0.25, 0.3) is 0 Å². The Labute approximate surface area is 198 Å². The summed E-state index contributed by atoms with van der Waals surface area (Å²) in [5, 5.41) is 13.8. The number of hydrogen-bond acceptors (Lipinski definition) is 9. The van der Waals surface area contributed by atoms with E-state index in [1.165, 1.54) is 23.1 Å². The van der Waals surface area contributed by atoms with E-state index in [4.69, 9.17) is 9.47 Å². The molecule has 0 atom stereocenters. The average Bonchev–Trinajstić information content (AvgIpc) is 3.26.